The lowest BCUT2D eigenvalue weighted by molar-refractivity contribution is -0.123. The van der Waals surface area contributed by atoms with Crippen LogP contribution in [0.25, 0.3) is 0 Å². The van der Waals surface area contributed by atoms with E-state index in [2.05, 4.69) is 26.5 Å². The zero-order chi connectivity index (χ0) is 18.1. The number of benzene rings is 1. The number of rotatable bonds is 8. The molecule has 1 aromatic carbocycles. The van der Waals surface area contributed by atoms with Crippen LogP contribution in [0.2, 0.25) is 0 Å². The Bertz CT molecular complexity index is 604. The molecule has 0 aliphatic carbocycles. The molecule has 1 amide bonds. The smallest absolute Gasteiger partial charge is 0.254 e. The van der Waals surface area contributed by atoms with Crippen molar-refractivity contribution in [3.05, 3.63) is 22.2 Å². The summed E-state index contributed by atoms with van der Waals surface area (Å²) >= 11 is 3.48. The molecule has 1 aliphatic heterocycles. The minimum Gasteiger partial charge on any atom is -0.490 e. The van der Waals surface area contributed by atoms with Crippen molar-refractivity contribution < 1.29 is 19.0 Å². The maximum atomic E-state index is 11.9. The van der Waals surface area contributed by atoms with Crippen molar-refractivity contribution >= 4 is 28.1 Å². The number of hydrazone groups is 1. The molecule has 1 N–H and O–H groups in total. The van der Waals surface area contributed by atoms with Crippen LogP contribution in [-0.2, 0) is 9.53 Å². The quantitative estimate of drug-likeness (QED) is 0.521. The second-order valence-corrected chi connectivity index (χ2v) is 6.23. The van der Waals surface area contributed by atoms with Gasteiger partial charge in [0.2, 0.25) is 0 Å². The molecule has 0 unspecified atom stereocenters. The van der Waals surface area contributed by atoms with E-state index in [-0.39, 0.29) is 5.91 Å². The fourth-order valence-corrected chi connectivity index (χ4v) is 2.96. The third-order valence-corrected chi connectivity index (χ3v) is 4.08. The molecular formula is C17H24BrN3O4. The number of nitrogens with one attached hydrogen (secondary N) is 1. The summed E-state index contributed by atoms with van der Waals surface area (Å²) in [4.78, 5) is 14.0. The first-order valence-corrected chi connectivity index (χ1v) is 9.14. The van der Waals surface area contributed by atoms with Crippen LogP contribution in [-0.4, -0.2) is 63.1 Å². The van der Waals surface area contributed by atoms with Gasteiger partial charge in [0.25, 0.3) is 5.91 Å². The highest BCUT2D eigenvalue weighted by Gasteiger charge is 2.14. The van der Waals surface area contributed by atoms with E-state index < -0.39 is 0 Å². The summed E-state index contributed by atoms with van der Waals surface area (Å²) < 4.78 is 17.3. The minimum atomic E-state index is -0.145. The van der Waals surface area contributed by atoms with E-state index >= 15 is 0 Å². The highest BCUT2D eigenvalue weighted by atomic mass is 79.9. The van der Waals surface area contributed by atoms with Gasteiger partial charge in [-0.05, 0) is 47.5 Å². The molecule has 0 spiro atoms. The predicted octanol–water partition coefficient (Wildman–Crippen LogP) is 2.03. The van der Waals surface area contributed by atoms with Gasteiger partial charge < -0.3 is 14.2 Å². The predicted molar refractivity (Wildman–Crippen MR) is 99.5 cm³/mol. The van der Waals surface area contributed by atoms with Crippen LogP contribution in [0.3, 0.4) is 0 Å². The summed E-state index contributed by atoms with van der Waals surface area (Å²) in [5.41, 5.74) is 3.35. The first kappa shape index (κ1) is 19.7. The maximum Gasteiger partial charge on any atom is 0.254 e. The lowest BCUT2D eigenvalue weighted by atomic mass is 10.2. The molecule has 1 aromatic rings. The van der Waals surface area contributed by atoms with E-state index in [4.69, 9.17) is 14.2 Å². The zero-order valence-corrected chi connectivity index (χ0v) is 16.2. The molecule has 0 atom stereocenters. The Labute approximate surface area is 156 Å². The molecule has 1 heterocycles. The number of amides is 1. The molecule has 1 aliphatic rings. The third kappa shape index (κ3) is 6.30. The monoisotopic (exact) mass is 413 g/mol. The first-order valence-electron chi connectivity index (χ1n) is 8.35. The normalized spacial score (nSPS) is 15.3. The van der Waals surface area contributed by atoms with E-state index in [1.165, 1.54) is 0 Å². The summed E-state index contributed by atoms with van der Waals surface area (Å²) in [6.07, 6.45) is 1.58. The SMILES string of the molecule is CCOc1cc(C=NNC(=O)CN2CCOCC2)cc(Br)c1OCC. The molecule has 0 radical (unpaired) electrons. The molecule has 2 rings (SSSR count). The molecule has 1 fully saturated rings. The summed E-state index contributed by atoms with van der Waals surface area (Å²) in [6.45, 7) is 8.08. The second-order valence-electron chi connectivity index (χ2n) is 5.38. The van der Waals surface area contributed by atoms with E-state index in [1.54, 1.807) is 6.21 Å². The Balaban J connectivity index is 1.96. The standard InChI is InChI=1S/C17H24BrN3O4/c1-3-24-15-10-13(9-14(18)17(15)25-4-2)11-19-20-16(22)12-21-5-7-23-8-6-21/h9-11H,3-8,12H2,1-2H3,(H,20,22). The van der Waals surface area contributed by atoms with Gasteiger partial charge in [-0.15, -0.1) is 0 Å². The Hall–Kier alpha value is -1.64. The number of hydrogen-bond donors (Lipinski definition) is 1. The van der Waals surface area contributed by atoms with Gasteiger partial charge in [0.1, 0.15) is 0 Å². The van der Waals surface area contributed by atoms with Crippen LogP contribution in [0.5, 0.6) is 11.5 Å². The average Bonchev–Trinajstić information content (AvgIpc) is 2.59. The number of carbonyl (C=O) groups excluding carboxylic acids is 1. The van der Waals surface area contributed by atoms with Crippen LogP contribution in [0, 0.1) is 0 Å². The zero-order valence-electron chi connectivity index (χ0n) is 14.6. The Kier molecular flexibility index (Phi) is 8.17. The van der Waals surface area contributed by atoms with Crippen molar-refractivity contribution in [1.82, 2.24) is 10.3 Å². The molecule has 1 saturated heterocycles. The van der Waals surface area contributed by atoms with Gasteiger partial charge in [-0.1, -0.05) is 0 Å². The number of carbonyl (C=O) groups is 1. The van der Waals surface area contributed by atoms with Crippen LogP contribution in [0.15, 0.2) is 21.7 Å². The maximum absolute atomic E-state index is 11.9. The number of halogens is 1. The largest absolute Gasteiger partial charge is 0.490 e. The van der Waals surface area contributed by atoms with Crippen molar-refractivity contribution in [2.45, 2.75) is 13.8 Å². The molecule has 0 saturated carbocycles. The molecule has 0 aromatic heterocycles. The van der Waals surface area contributed by atoms with Crippen LogP contribution < -0.4 is 14.9 Å². The molecule has 8 heteroatoms. The van der Waals surface area contributed by atoms with Gasteiger partial charge in [-0.2, -0.15) is 5.10 Å². The average molecular weight is 414 g/mol. The highest BCUT2D eigenvalue weighted by Crippen LogP contribution is 2.36. The summed E-state index contributed by atoms with van der Waals surface area (Å²) in [6, 6.07) is 3.70. The Morgan fingerprint density at radius 2 is 2.04 bits per heavy atom. The minimum absolute atomic E-state index is 0.145. The molecular weight excluding hydrogens is 390 g/mol. The van der Waals surface area contributed by atoms with Crippen molar-refractivity contribution in [3.8, 4) is 11.5 Å². The fraction of sp³-hybridized carbons (Fsp3) is 0.529. The molecule has 7 nitrogen and oxygen atoms in total. The van der Waals surface area contributed by atoms with E-state index in [0.717, 1.165) is 23.1 Å². The van der Waals surface area contributed by atoms with Crippen molar-refractivity contribution in [3.63, 3.8) is 0 Å². The van der Waals surface area contributed by atoms with Gasteiger partial charge in [-0.3, -0.25) is 9.69 Å². The lowest BCUT2D eigenvalue weighted by Gasteiger charge is -2.25. The van der Waals surface area contributed by atoms with Crippen molar-refractivity contribution in [1.29, 1.82) is 0 Å². The summed E-state index contributed by atoms with van der Waals surface area (Å²) in [5, 5.41) is 4.03. The van der Waals surface area contributed by atoms with Crippen LogP contribution in [0.1, 0.15) is 19.4 Å². The molecule has 0 bridgehead atoms. The Morgan fingerprint density at radius 3 is 2.72 bits per heavy atom. The fourth-order valence-electron chi connectivity index (χ4n) is 2.39. The topological polar surface area (TPSA) is 72.4 Å². The van der Waals surface area contributed by atoms with Gasteiger partial charge >= 0.3 is 0 Å². The summed E-state index contributed by atoms with van der Waals surface area (Å²) in [7, 11) is 0. The van der Waals surface area contributed by atoms with Gasteiger partial charge in [0, 0.05) is 13.1 Å². The molecule has 25 heavy (non-hydrogen) atoms. The van der Waals surface area contributed by atoms with Gasteiger partial charge in [0.05, 0.1) is 43.7 Å². The van der Waals surface area contributed by atoms with Gasteiger partial charge in [-0.25, -0.2) is 5.43 Å². The summed E-state index contributed by atoms with van der Waals surface area (Å²) in [5.74, 6) is 1.16. The third-order valence-electron chi connectivity index (χ3n) is 3.49. The first-order chi connectivity index (χ1) is 12.1. The van der Waals surface area contributed by atoms with Crippen LogP contribution >= 0.6 is 15.9 Å². The number of hydrogen-bond acceptors (Lipinski definition) is 6. The number of nitrogens with zero attached hydrogens (tertiary/aromatic N) is 2. The van der Waals surface area contributed by atoms with Crippen molar-refractivity contribution in [2.24, 2.45) is 5.10 Å². The van der Waals surface area contributed by atoms with E-state index in [1.807, 2.05) is 30.9 Å². The van der Waals surface area contributed by atoms with E-state index in [9.17, 15) is 4.79 Å². The second kappa shape index (κ2) is 10.4. The lowest BCUT2D eigenvalue weighted by Crippen LogP contribution is -2.42. The van der Waals surface area contributed by atoms with Gasteiger partial charge in [0.15, 0.2) is 11.5 Å². The number of morpholine rings is 1. The highest BCUT2D eigenvalue weighted by molar-refractivity contribution is 9.10. The van der Waals surface area contributed by atoms with Crippen LogP contribution in [0.4, 0.5) is 0 Å². The molecule has 138 valence electrons. The van der Waals surface area contributed by atoms with Crippen molar-refractivity contribution in [2.75, 3.05) is 46.1 Å². The number of ether oxygens (including phenoxy) is 3. The van der Waals surface area contributed by atoms with E-state index in [0.29, 0.717) is 44.5 Å². The Morgan fingerprint density at radius 1 is 1.32 bits per heavy atom.